The zero-order valence-corrected chi connectivity index (χ0v) is 22.2. The zero-order valence-electron chi connectivity index (χ0n) is 22.2. The Bertz CT molecular complexity index is 1240. The van der Waals surface area contributed by atoms with Crippen LogP contribution in [0.1, 0.15) is 67.9 Å². The molecule has 4 unspecified atom stereocenters. The third-order valence-corrected chi connectivity index (χ3v) is 8.35. The molecular formula is C32H38N2O3. The standard InChI is InChI=1S/C32H38N2O3/c1-4-5-13-24-21-28(33-19-10-12-22-11-6-8-15-26(22)33)25-14-7-9-16-27(25)34(24)32-31(37-32)23-17-18-29(35-2)30(20-23)36-3/h6-9,11,14-18,20,24,28,31-32H,4-5,10,12-13,19,21H2,1-3H3. The van der Waals surface area contributed by atoms with Crippen molar-refractivity contribution in [3.8, 4) is 11.5 Å². The van der Waals surface area contributed by atoms with E-state index < -0.39 is 0 Å². The van der Waals surface area contributed by atoms with Crippen LogP contribution in [0.5, 0.6) is 11.5 Å². The van der Waals surface area contributed by atoms with Crippen molar-refractivity contribution in [2.75, 3.05) is 30.6 Å². The number of benzene rings is 3. The number of fused-ring (bicyclic) bond motifs is 2. The quantitative estimate of drug-likeness (QED) is 0.311. The molecule has 6 rings (SSSR count). The topological polar surface area (TPSA) is 37.5 Å². The number of epoxide rings is 1. The van der Waals surface area contributed by atoms with Crippen molar-refractivity contribution >= 4 is 11.4 Å². The molecule has 0 bridgehead atoms. The third-order valence-electron chi connectivity index (χ3n) is 8.35. The lowest BCUT2D eigenvalue weighted by molar-refractivity contribution is 0.328. The van der Waals surface area contributed by atoms with Gasteiger partial charge in [-0.05, 0) is 66.6 Å². The molecule has 0 aromatic heterocycles. The van der Waals surface area contributed by atoms with Crippen molar-refractivity contribution in [3.05, 3.63) is 83.4 Å². The van der Waals surface area contributed by atoms with Gasteiger partial charge in [0.15, 0.2) is 17.7 Å². The average Bonchev–Trinajstić information content (AvgIpc) is 3.75. The zero-order chi connectivity index (χ0) is 25.4. The molecule has 5 nitrogen and oxygen atoms in total. The first-order valence-electron chi connectivity index (χ1n) is 13.8. The number of para-hydroxylation sites is 2. The van der Waals surface area contributed by atoms with Crippen LogP contribution in [-0.2, 0) is 11.2 Å². The summed E-state index contributed by atoms with van der Waals surface area (Å²) in [6, 6.07) is 25.0. The molecule has 5 heteroatoms. The van der Waals surface area contributed by atoms with Gasteiger partial charge in [-0.1, -0.05) is 62.2 Å². The lowest BCUT2D eigenvalue weighted by Gasteiger charge is -2.47. The van der Waals surface area contributed by atoms with E-state index in [0.717, 1.165) is 30.0 Å². The Morgan fingerprint density at radius 1 is 0.919 bits per heavy atom. The fourth-order valence-electron chi connectivity index (χ4n) is 6.51. The molecule has 0 N–H and O–H groups in total. The van der Waals surface area contributed by atoms with Crippen molar-refractivity contribution < 1.29 is 14.2 Å². The van der Waals surface area contributed by atoms with E-state index in [9.17, 15) is 0 Å². The number of anilines is 2. The average molecular weight is 499 g/mol. The van der Waals surface area contributed by atoms with Crippen LogP contribution < -0.4 is 19.3 Å². The second kappa shape index (κ2) is 10.3. The molecule has 3 aromatic carbocycles. The van der Waals surface area contributed by atoms with Crippen LogP contribution >= 0.6 is 0 Å². The van der Waals surface area contributed by atoms with Crippen LogP contribution in [0.4, 0.5) is 11.4 Å². The fraction of sp³-hybridized carbons (Fsp3) is 0.438. The molecule has 1 fully saturated rings. The smallest absolute Gasteiger partial charge is 0.162 e. The molecule has 37 heavy (non-hydrogen) atoms. The van der Waals surface area contributed by atoms with E-state index in [-0.39, 0.29) is 12.3 Å². The number of unbranched alkanes of at least 4 members (excludes halogenated alkanes) is 1. The number of hydrogen-bond acceptors (Lipinski definition) is 5. The molecule has 3 aliphatic rings. The Balaban J connectivity index is 1.35. The predicted molar refractivity (Wildman–Crippen MR) is 149 cm³/mol. The summed E-state index contributed by atoms with van der Waals surface area (Å²) in [5.41, 5.74) is 6.80. The Morgan fingerprint density at radius 3 is 2.51 bits per heavy atom. The largest absolute Gasteiger partial charge is 0.493 e. The predicted octanol–water partition coefficient (Wildman–Crippen LogP) is 7.06. The number of nitrogens with zero attached hydrogens (tertiary/aromatic N) is 2. The van der Waals surface area contributed by atoms with Gasteiger partial charge < -0.3 is 24.0 Å². The minimum Gasteiger partial charge on any atom is -0.493 e. The van der Waals surface area contributed by atoms with Gasteiger partial charge in [-0.25, -0.2) is 0 Å². The molecule has 4 atom stereocenters. The minimum atomic E-state index is 0.0317. The fourth-order valence-corrected chi connectivity index (χ4v) is 6.51. The van der Waals surface area contributed by atoms with Crippen LogP contribution in [0.3, 0.4) is 0 Å². The molecule has 0 amide bonds. The van der Waals surface area contributed by atoms with Gasteiger partial charge in [0.05, 0.1) is 20.3 Å². The summed E-state index contributed by atoms with van der Waals surface area (Å²) in [5, 5.41) is 0. The molecule has 3 heterocycles. The molecule has 0 spiro atoms. The van der Waals surface area contributed by atoms with Crippen molar-refractivity contribution in [1.29, 1.82) is 0 Å². The Labute approximate surface area is 220 Å². The summed E-state index contributed by atoms with van der Waals surface area (Å²) in [6.07, 6.45) is 7.18. The van der Waals surface area contributed by atoms with Crippen LogP contribution in [0.25, 0.3) is 0 Å². The molecule has 0 aliphatic carbocycles. The summed E-state index contributed by atoms with van der Waals surface area (Å²) in [7, 11) is 3.36. The van der Waals surface area contributed by atoms with E-state index >= 15 is 0 Å². The summed E-state index contributed by atoms with van der Waals surface area (Å²) < 4.78 is 17.5. The Morgan fingerprint density at radius 2 is 1.70 bits per heavy atom. The van der Waals surface area contributed by atoms with Gasteiger partial charge in [-0.3, -0.25) is 0 Å². The van der Waals surface area contributed by atoms with Crippen molar-refractivity contribution in [1.82, 2.24) is 0 Å². The molecule has 3 aromatic rings. The maximum atomic E-state index is 6.44. The van der Waals surface area contributed by atoms with E-state index in [1.807, 2.05) is 6.07 Å². The normalized spacial score (nSPS) is 24.3. The van der Waals surface area contributed by atoms with Gasteiger partial charge in [0.2, 0.25) is 0 Å². The maximum Gasteiger partial charge on any atom is 0.162 e. The first kappa shape index (κ1) is 24.2. The lowest BCUT2D eigenvalue weighted by Crippen LogP contribution is -2.47. The first-order chi connectivity index (χ1) is 18.2. The lowest BCUT2D eigenvalue weighted by atomic mass is 9.85. The second-order valence-corrected chi connectivity index (χ2v) is 10.5. The highest BCUT2D eigenvalue weighted by atomic mass is 16.6. The van der Waals surface area contributed by atoms with E-state index in [1.165, 1.54) is 54.6 Å². The van der Waals surface area contributed by atoms with Crippen LogP contribution in [0, 0.1) is 0 Å². The number of methoxy groups -OCH3 is 2. The van der Waals surface area contributed by atoms with E-state index in [2.05, 4.69) is 77.4 Å². The van der Waals surface area contributed by atoms with Gasteiger partial charge in [0, 0.05) is 24.0 Å². The Kier molecular flexibility index (Phi) is 6.72. The molecule has 0 saturated carbocycles. The van der Waals surface area contributed by atoms with Crippen LogP contribution in [0.15, 0.2) is 66.7 Å². The summed E-state index contributed by atoms with van der Waals surface area (Å²) in [6.45, 7) is 3.41. The summed E-state index contributed by atoms with van der Waals surface area (Å²) in [5.74, 6) is 1.50. The second-order valence-electron chi connectivity index (χ2n) is 10.5. The van der Waals surface area contributed by atoms with Crippen molar-refractivity contribution in [2.45, 2.75) is 69.9 Å². The van der Waals surface area contributed by atoms with Gasteiger partial charge in [0.25, 0.3) is 0 Å². The van der Waals surface area contributed by atoms with Crippen molar-refractivity contribution in [2.24, 2.45) is 0 Å². The van der Waals surface area contributed by atoms with E-state index in [4.69, 9.17) is 14.2 Å². The number of rotatable bonds is 8. The van der Waals surface area contributed by atoms with Crippen LogP contribution in [-0.4, -0.2) is 33.0 Å². The Hall–Kier alpha value is -3.18. The number of ether oxygens (including phenoxy) is 3. The first-order valence-corrected chi connectivity index (χ1v) is 13.8. The maximum absolute atomic E-state index is 6.44. The SMILES string of the molecule is CCCCC1CC(N2CCCc3ccccc32)c2ccccc2N1C1OC1c1ccc(OC)c(OC)c1. The number of hydrogen-bond donors (Lipinski definition) is 0. The van der Waals surface area contributed by atoms with Gasteiger partial charge >= 0.3 is 0 Å². The number of aryl methyl sites for hydroxylation is 1. The summed E-state index contributed by atoms with van der Waals surface area (Å²) in [4.78, 5) is 5.28. The highest BCUT2D eigenvalue weighted by molar-refractivity contribution is 5.65. The molecule has 0 radical (unpaired) electrons. The van der Waals surface area contributed by atoms with Gasteiger partial charge in [0.1, 0.15) is 6.10 Å². The molecular weight excluding hydrogens is 460 g/mol. The highest BCUT2D eigenvalue weighted by Crippen LogP contribution is 2.52. The van der Waals surface area contributed by atoms with E-state index in [1.54, 1.807) is 14.2 Å². The monoisotopic (exact) mass is 498 g/mol. The summed E-state index contributed by atoms with van der Waals surface area (Å²) >= 11 is 0. The third kappa shape index (κ3) is 4.44. The minimum absolute atomic E-state index is 0.0317. The van der Waals surface area contributed by atoms with Crippen molar-refractivity contribution in [3.63, 3.8) is 0 Å². The van der Waals surface area contributed by atoms with Gasteiger partial charge in [-0.2, -0.15) is 0 Å². The van der Waals surface area contributed by atoms with Gasteiger partial charge in [-0.15, -0.1) is 0 Å². The molecule has 3 aliphatic heterocycles. The molecule has 194 valence electrons. The van der Waals surface area contributed by atoms with Crippen LogP contribution in [0.2, 0.25) is 0 Å². The molecule has 1 saturated heterocycles. The van der Waals surface area contributed by atoms with E-state index in [0.29, 0.717) is 12.1 Å². The highest BCUT2D eigenvalue weighted by Gasteiger charge is 2.50.